The van der Waals surface area contributed by atoms with E-state index in [-0.39, 0.29) is 5.76 Å². The molecule has 0 aromatic heterocycles. The van der Waals surface area contributed by atoms with Gasteiger partial charge in [0.05, 0.1) is 0 Å². The van der Waals surface area contributed by atoms with Crippen LogP contribution in [0.4, 0.5) is 4.79 Å². The minimum atomic E-state index is -1.47. The molecule has 0 heterocycles. The molecule has 0 rings (SSSR count). The molecule has 9 nitrogen and oxygen atoms in total. The largest absolute Gasteiger partial charge is 0.508 e. The zero-order valence-corrected chi connectivity index (χ0v) is 14.9. The normalized spacial score (nSPS) is 15.1. The molecular formula is C15H26O9. The highest BCUT2D eigenvalue weighted by Crippen LogP contribution is 2.16. The fraction of sp³-hybridized carbons (Fsp3) is 0.733. The smallest absolute Gasteiger partial charge is 0.450 e. The molecule has 140 valence electrons. The average molecular weight is 350 g/mol. The first-order chi connectivity index (χ1) is 11.0. The maximum atomic E-state index is 11.8. The maximum absolute atomic E-state index is 11.8. The Kier molecular flexibility index (Phi) is 9.34. The molecule has 0 aromatic rings. The SMILES string of the molecule is C=C(OOC(C)(C)CC)C(=O)OC(C)OC(C)OC(C)OC(=O)O. The van der Waals surface area contributed by atoms with Crippen molar-refractivity contribution in [1.82, 2.24) is 0 Å². The molecule has 1 N–H and O–H groups in total. The molecule has 0 aliphatic carbocycles. The molecule has 0 fully saturated rings. The lowest BCUT2D eigenvalue weighted by molar-refractivity contribution is -0.328. The van der Waals surface area contributed by atoms with Crippen LogP contribution >= 0.6 is 0 Å². The van der Waals surface area contributed by atoms with Gasteiger partial charge < -0.3 is 28.9 Å². The molecule has 24 heavy (non-hydrogen) atoms. The number of hydrogen-bond donors (Lipinski definition) is 1. The van der Waals surface area contributed by atoms with E-state index < -0.39 is 36.6 Å². The number of carbonyl (C=O) groups excluding carboxylic acids is 1. The summed E-state index contributed by atoms with van der Waals surface area (Å²) in [5, 5.41) is 8.44. The Morgan fingerprint density at radius 3 is 2.00 bits per heavy atom. The second-order valence-corrected chi connectivity index (χ2v) is 5.47. The van der Waals surface area contributed by atoms with Gasteiger partial charge in [0, 0.05) is 0 Å². The van der Waals surface area contributed by atoms with Gasteiger partial charge in [-0.25, -0.2) is 9.59 Å². The van der Waals surface area contributed by atoms with Crippen molar-refractivity contribution in [2.45, 2.75) is 72.4 Å². The monoisotopic (exact) mass is 350 g/mol. The summed E-state index contributed by atoms with van der Waals surface area (Å²) >= 11 is 0. The minimum Gasteiger partial charge on any atom is -0.450 e. The van der Waals surface area contributed by atoms with Gasteiger partial charge in [-0.3, -0.25) is 0 Å². The Balaban J connectivity index is 4.21. The molecular weight excluding hydrogens is 324 g/mol. The van der Waals surface area contributed by atoms with Crippen molar-refractivity contribution in [2.75, 3.05) is 0 Å². The number of hydrogen-bond acceptors (Lipinski definition) is 8. The van der Waals surface area contributed by atoms with Crippen LogP contribution in [0.3, 0.4) is 0 Å². The Hall–Kier alpha value is -1.84. The highest BCUT2D eigenvalue weighted by molar-refractivity contribution is 5.85. The highest BCUT2D eigenvalue weighted by atomic mass is 17.2. The Labute approximate surface area is 141 Å². The summed E-state index contributed by atoms with van der Waals surface area (Å²) in [5.74, 6) is -1.19. The second-order valence-electron chi connectivity index (χ2n) is 5.47. The van der Waals surface area contributed by atoms with Crippen LogP contribution in [0.5, 0.6) is 0 Å². The van der Waals surface area contributed by atoms with E-state index >= 15 is 0 Å². The van der Waals surface area contributed by atoms with Gasteiger partial charge in [-0.2, -0.15) is 4.89 Å². The van der Waals surface area contributed by atoms with Crippen molar-refractivity contribution in [1.29, 1.82) is 0 Å². The second kappa shape index (κ2) is 10.1. The molecule has 0 aliphatic heterocycles. The third-order valence-corrected chi connectivity index (χ3v) is 2.75. The minimum absolute atomic E-state index is 0.330. The summed E-state index contributed by atoms with van der Waals surface area (Å²) in [6, 6.07) is 0. The zero-order valence-electron chi connectivity index (χ0n) is 14.9. The predicted molar refractivity (Wildman–Crippen MR) is 81.4 cm³/mol. The van der Waals surface area contributed by atoms with Crippen LogP contribution in [0.15, 0.2) is 12.3 Å². The molecule has 0 amide bonds. The van der Waals surface area contributed by atoms with Gasteiger partial charge in [0.15, 0.2) is 6.29 Å². The van der Waals surface area contributed by atoms with E-state index in [1.165, 1.54) is 20.8 Å². The third kappa shape index (κ3) is 10.0. The third-order valence-electron chi connectivity index (χ3n) is 2.75. The zero-order chi connectivity index (χ0) is 18.9. The van der Waals surface area contributed by atoms with Crippen molar-refractivity contribution >= 4 is 12.1 Å². The first-order valence-electron chi connectivity index (χ1n) is 7.43. The lowest BCUT2D eigenvalue weighted by Gasteiger charge is -2.23. The van der Waals surface area contributed by atoms with Crippen molar-refractivity contribution in [3.8, 4) is 0 Å². The van der Waals surface area contributed by atoms with Crippen LogP contribution in [-0.2, 0) is 33.5 Å². The number of carboxylic acid groups (broad SMARTS) is 1. The van der Waals surface area contributed by atoms with E-state index in [1.807, 2.05) is 6.92 Å². The van der Waals surface area contributed by atoms with Crippen LogP contribution in [-0.4, -0.2) is 41.7 Å². The first-order valence-corrected chi connectivity index (χ1v) is 7.43. The molecule has 0 spiro atoms. The maximum Gasteiger partial charge on any atom is 0.508 e. The van der Waals surface area contributed by atoms with Crippen LogP contribution in [0.2, 0.25) is 0 Å². The fourth-order valence-electron chi connectivity index (χ4n) is 1.24. The Morgan fingerprint density at radius 2 is 1.54 bits per heavy atom. The summed E-state index contributed by atoms with van der Waals surface area (Å²) in [7, 11) is 0. The van der Waals surface area contributed by atoms with Crippen LogP contribution < -0.4 is 0 Å². The van der Waals surface area contributed by atoms with Crippen molar-refractivity contribution in [3.05, 3.63) is 12.3 Å². The van der Waals surface area contributed by atoms with E-state index in [1.54, 1.807) is 13.8 Å². The van der Waals surface area contributed by atoms with Crippen LogP contribution in [0, 0.1) is 0 Å². The average Bonchev–Trinajstić information content (AvgIpc) is 2.43. The molecule has 3 unspecified atom stereocenters. The number of carbonyl (C=O) groups is 2. The van der Waals surface area contributed by atoms with Gasteiger partial charge in [-0.1, -0.05) is 6.92 Å². The van der Waals surface area contributed by atoms with E-state index in [4.69, 9.17) is 29.1 Å². The van der Waals surface area contributed by atoms with Gasteiger partial charge in [0.1, 0.15) is 5.60 Å². The summed E-state index contributed by atoms with van der Waals surface area (Å²) in [4.78, 5) is 32.0. The molecule has 0 saturated carbocycles. The van der Waals surface area contributed by atoms with E-state index in [0.29, 0.717) is 6.42 Å². The van der Waals surface area contributed by atoms with Crippen LogP contribution in [0.1, 0.15) is 48.0 Å². The van der Waals surface area contributed by atoms with E-state index in [9.17, 15) is 9.59 Å². The Morgan fingerprint density at radius 1 is 1.04 bits per heavy atom. The van der Waals surface area contributed by atoms with Gasteiger partial charge in [0.2, 0.25) is 18.3 Å². The van der Waals surface area contributed by atoms with Gasteiger partial charge in [-0.05, 0) is 47.6 Å². The van der Waals surface area contributed by atoms with Crippen molar-refractivity contribution in [3.63, 3.8) is 0 Å². The molecule has 9 heteroatoms. The summed E-state index contributed by atoms with van der Waals surface area (Å²) in [6.07, 6.45) is -3.73. The molecule has 3 atom stereocenters. The number of ether oxygens (including phenoxy) is 4. The molecule has 0 bridgehead atoms. The van der Waals surface area contributed by atoms with Gasteiger partial charge in [0.25, 0.3) is 0 Å². The first kappa shape index (κ1) is 22.2. The van der Waals surface area contributed by atoms with Crippen LogP contribution in [0.25, 0.3) is 0 Å². The quantitative estimate of drug-likeness (QED) is 0.150. The summed E-state index contributed by atoms with van der Waals surface area (Å²) < 4.78 is 19.6. The summed E-state index contributed by atoms with van der Waals surface area (Å²) in [5.41, 5.74) is -0.575. The summed E-state index contributed by atoms with van der Waals surface area (Å²) in [6.45, 7) is 13.2. The van der Waals surface area contributed by atoms with Gasteiger partial charge in [-0.15, -0.1) is 0 Å². The highest BCUT2D eigenvalue weighted by Gasteiger charge is 2.23. The van der Waals surface area contributed by atoms with E-state index in [2.05, 4.69) is 11.3 Å². The topological polar surface area (TPSA) is 110 Å². The Bertz CT molecular complexity index is 433. The number of rotatable bonds is 11. The standard InChI is InChI=1S/C15H26O9/c1-8-15(6,7)24-23-9(2)13(16)21-11(4)19-10(3)20-12(5)22-14(17)18/h10-12H,2,8H2,1,3-7H3,(H,17,18). The molecule has 0 saturated heterocycles. The molecule has 0 radical (unpaired) electrons. The van der Waals surface area contributed by atoms with Crippen molar-refractivity contribution in [2.24, 2.45) is 0 Å². The lowest BCUT2D eigenvalue weighted by atomic mass is 10.1. The lowest BCUT2D eigenvalue weighted by Crippen LogP contribution is -2.30. The van der Waals surface area contributed by atoms with E-state index in [0.717, 1.165) is 0 Å². The molecule has 0 aromatic carbocycles. The number of esters is 1. The predicted octanol–water partition coefficient (Wildman–Crippen LogP) is 2.95. The van der Waals surface area contributed by atoms with Gasteiger partial charge >= 0.3 is 12.1 Å². The molecule has 0 aliphatic rings. The fourth-order valence-corrected chi connectivity index (χ4v) is 1.24. The van der Waals surface area contributed by atoms with Crippen molar-refractivity contribution < 1.29 is 43.4 Å².